The average Bonchev–Trinajstić information content (AvgIpc) is 3.36. The van der Waals surface area contributed by atoms with Gasteiger partial charge in [0.2, 0.25) is 5.91 Å². The molecular weight excluding hydrogens is 427 g/mol. The van der Waals surface area contributed by atoms with Gasteiger partial charge in [-0.1, -0.05) is 6.07 Å². The van der Waals surface area contributed by atoms with Crippen LogP contribution >= 0.6 is 11.3 Å². The van der Waals surface area contributed by atoms with Crippen LogP contribution in [-0.2, 0) is 20.9 Å². The first kappa shape index (κ1) is 22.0. The predicted octanol–water partition coefficient (Wildman–Crippen LogP) is 4.51. The number of nitrogens with one attached hydrogen (secondary N) is 1. The first-order chi connectivity index (χ1) is 15.3. The number of benzene rings is 1. The Morgan fingerprint density at radius 1 is 1.19 bits per heavy atom. The topological polar surface area (TPSA) is 76.1 Å². The molecule has 3 aromatic rings. The van der Waals surface area contributed by atoms with Gasteiger partial charge < -0.3 is 5.32 Å². The van der Waals surface area contributed by atoms with E-state index in [2.05, 4.69) is 10.3 Å². The van der Waals surface area contributed by atoms with Gasteiger partial charge in [-0.05, 0) is 66.2 Å². The number of Topliss-reactive ketones (excluding diaryl/α,β-unsaturated/α-hetero) is 2. The van der Waals surface area contributed by atoms with E-state index in [9.17, 15) is 18.8 Å². The molecule has 0 radical (unpaired) electrons. The van der Waals surface area contributed by atoms with Crippen molar-refractivity contribution in [1.29, 1.82) is 0 Å². The van der Waals surface area contributed by atoms with Gasteiger partial charge in [0.15, 0.2) is 5.78 Å². The summed E-state index contributed by atoms with van der Waals surface area (Å²) in [5.74, 6) is -2.43. The second kappa shape index (κ2) is 9.12. The first-order valence-electron chi connectivity index (χ1n) is 10.4. The molecule has 0 saturated heterocycles. The molecule has 4 rings (SSSR count). The average molecular weight is 451 g/mol. The molecule has 0 bridgehead atoms. The van der Waals surface area contributed by atoms with Crippen molar-refractivity contribution in [3.8, 4) is 11.3 Å². The second-order valence-electron chi connectivity index (χ2n) is 8.15. The number of pyridine rings is 1. The molecule has 1 aromatic carbocycles. The summed E-state index contributed by atoms with van der Waals surface area (Å²) in [7, 11) is 0. The number of aryl methyl sites for hydroxylation is 2. The van der Waals surface area contributed by atoms with Crippen LogP contribution in [0.2, 0.25) is 0 Å². The number of hydrogen-bond acceptors (Lipinski definition) is 5. The van der Waals surface area contributed by atoms with E-state index in [4.69, 9.17) is 0 Å². The van der Waals surface area contributed by atoms with E-state index in [0.29, 0.717) is 17.8 Å². The molecule has 5 nitrogen and oxygen atoms in total. The molecule has 0 spiro atoms. The monoisotopic (exact) mass is 450 g/mol. The van der Waals surface area contributed by atoms with E-state index in [0.717, 1.165) is 27.8 Å². The maximum Gasteiger partial charge on any atom is 0.221 e. The normalized spacial score (nSPS) is 18.2. The highest BCUT2D eigenvalue weighted by Crippen LogP contribution is 2.38. The molecule has 2 unspecified atom stereocenters. The highest BCUT2D eigenvalue weighted by molar-refractivity contribution is 7.09. The van der Waals surface area contributed by atoms with Gasteiger partial charge in [-0.25, -0.2) is 4.39 Å². The molecule has 2 aromatic heterocycles. The Balaban J connectivity index is 1.50. The van der Waals surface area contributed by atoms with Crippen molar-refractivity contribution in [2.45, 2.75) is 39.2 Å². The van der Waals surface area contributed by atoms with Crippen LogP contribution in [0.1, 0.15) is 40.3 Å². The Bertz CT molecular complexity index is 1150. The van der Waals surface area contributed by atoms with Crippen molar-refractivity contribution in [1.82, 2.24) is 10.3 Å². The SMILES string of the molecule is Cc1cc(-c2ccc(F)cn2)cc(C)c1C1C(=O)CC(CC(=O)NCc2cccs2)C1=O. The molecule has 0 aliphatic heterocycles. The Morgan fingerprint density at radius 2 is 1.94 bits per heavy atom. The fraction of sp³-hybridized carbons (Fsp3) is 0.280. The fourth-order valence-electron chi connectivity index (χ4n) is 4.35. The van der Waals surface area contributed by atoms with E-state index >= 15 is 0 Å². The lowest BCUT2D eigenvalue weighted by molar-refractivity contribution is -0.128. The van der Waals surface area contributed by atoms with Gasteiger partial charge in [-0.3, -0.25) is 19.4 Å². The summed E-state index contributed by atoms with van der Waals surface area (Å²) in [6.07, 6.45) is 1.25. The lowest BCUT2D eigenvalue weighted by Crippen LogP contribution is -2.27. The highest BCUT2D eigenvalue weighted by Gasteiger charge is 2.43. The lowest BCUT2D eigenvalue weighted by Gasteiger charge is -2.17. The van der Waals surface area contributed by atoms with Crippen molar-refractivity contribution in [3.63, 3.8) is 0 Å². The van der Waals surface area contributed by atoms with E-state index in [1.165, 1.54) is 6.07 Å². The van der Waals surface area contributed by atoms with Crippen molar-refractivity contribution in [2.24, 2.45) is 5.92 Å². The molecule has 2 atom stereocenters. The van der Waals surface area contributed by atoms with Gasteiger partial charge in [0, 0.05) is 29.2 Å². The number of thiophene rings is 1. The van der Waals surface area contributed by atoms with Gasteiger partial charge >= 0.3 is 0 Å². The van der Waals surface area contributed by atoms with Crippen molar-refractivity contribution >= 4 is 28.8 Å². The fourth-order valence-corrected chi connectivity index (χ4v) is 5.00. The van der Waals surface area contributed by atoms with Gasteiger partial charge in [0.25, 0.3) is 0 Å². The summed E-state index contributed by atoms with van der Waals surface area (Å²) in [6, 6.07) is 10.5. The quantitative estimate of drug-likeness (QED) is 0.561. The zero-order valence-electron chi connectivity index (χ0n) is 17.9. The summed E-state index contributed by atoms with van der Waals surface area (Å²) in [4.78, 5) is 43.4. The van der Waals surface area contributed by atoms with Crippen molar-refractivity contribution in [3.05, 3.63) is 75.4 Å². The van der Waals surface area contributed by atoms with Crippen LogP contribution in [-0.4, -0.2) is 22.5 Å². The lowest BCUT2D eigenvalue weighted by atomic mass is 9.85. The number of halogens is 1. The van der Waals surface area contributed by atoms with Crippen LogP contribution in [0.4, 0.5) is 4.39 Å². The number of carbonyl (C=O) groups is 3. The Labute approximate surface area is 189 Å². The van der Waals surface area contributed by atoms with Crippen LogP contribution in [0.5, 0.6) is 0 Å². The summed E-state index contributed by atoms with van der Waals surface area (Å²) in [5.41, 5.74) is 3.73. The number of nitrogens with zero attached hydrogens (tertiary/aromatic N) is 1. The van der Waals surface area contributed by atoms with Crippen LogP contribution in [0, 0.1) is 25.6 Å². The third-order valence-corrected chi connectivity index (χ3v) is 6.71. The Hall–Kier alpha value is -3.19. The molecule has 1 aliphatic carbocycles. The van der Waals surface area contributed by atoms with Gasteiger partial charge in [0.1, 0.15) is 17.5 Å². The molecule has 164 valence electrons. The molecule has 1 amide bonds. The molecule has 32 heavy (non-hydrogen) atoms. The number of rotatable bonds is 6. The summed E-state index contributed by atoms with van der Waals surface area (Å²) >= 11 is 1.55. The van der Waals surface area contributed by atoms with E-state index in [-0.39, 0.29) is 30.3 Å². The molecule has 1 aliphatic rings. The minimum Gasteiger partial charge on any atom is -0.351 e. The number of hydrogen-bond donors (Lipinski definition) is 1. The van der Waals surface area contributed by atoms with Crippen molar-refractivity contribution < 1.29 is 18.8 Å². The minimum absolute atomic E-state index is 0.0160. The number of aromatic nitrogens is 1. The number of ketones is 2. The molecule has 2 heterocycles. The minimum atomic E-state index is -0.847. The van der Waals surface area contributed by atoms with E-state index in [1.807, 2.05) is 43.5 Å². The largest absolute Gasteiger partial charge is 0.351 e. The van der Waals surface area contributed by atoms with E-state index < -0.39 is 17.7 Å². The smallest absolute Gasteiger partial charge is 0.221 e. The maximum atomic E-state index is 13.2. The number of amides is 1. The van der Waals surface area contributed by atoms with Gasteiger partial charge in [-0.2, -0.15) is 0 Å². The van der Waals surface area contributed by atoms with Crippen LogP contribution in [0.25, 0.3) is 11.3 Å². The third kappa shape index (κ3) is 4.53. The Kier molecular flexibility index (Phi) is 6.28. The van der Waals surface area contributed by atoms with Crippen molar-refractivity contribution in [2.75, 3.05) is 0 Å². The molecule has 1 fully saturated rings. The zero-order chi connectivity index (χ0) is 22.8. The highest BCUT2D eigenvalue weighted by atomic mass is 32.1. The van der Waals surface area contributed by atoms with Crippen LogP contribution in [0.15, 0.2) is 48.0 Å². The van der Waals surface area contributed by atoms with Gasteiger partial charge in [0.05, 0.1) is 18.4 Å². The maximum absolute atomic E-state index is 13.2. The van der Waals surface area contributed by atoms with E-state index in [1.54, 1.807) is 17.4 Å². The zero-order valence-corrected chi connectivity index (χ0v) is 18.7. The summed E-state index contributed by atoms with van der Waals surface area (Å²) in [5, 5.41) is 4.77. The first-order valence-corrected chi connectivity index (χ1v) is 11.3. The second-order valence-corrected chi connectivity index (χ2v) is 9.18. The number of carbonyl (C=O) groups excluding carboxylic acids is 3. The molecule has 7 heteroatoms. The molecule has 1 saturated carbocycles. The summed E-state index contributed by atoms with van der Waals surface area (Å²) < 4.78 is 13.2. The standard InChI is InChI=1S/C25H23FN2O3S/c1-14-8-16(20-6-5-18(26)12-27-20)9-15(2)23(14)24-21(29)10-17(25(24)31)11-22(30)28-13-19-4-3-7-32-19/h3-9,12,17,24H,10-11,13H2,1-2H3,(H,28,30). The van der Waals surface area contributed by atoms with Crippen LogP contribution in [0.3, 0.4) is 0 Å². The Morgan fingerprint density at radius 3 is 2.56 bits per heavy atom. The third-order valence-electron chi connectivity index (χ3n) is 5.83. The summed E-state index contributed by atoms with van der Waals surface area (Å²) in [6.45, 7) is 4.14. The van der Waals surface area contributed by atoms with Crippen LogP contribution < -0.4 is 5.32 Å². The molecular formula is C25H23FN2O3S. The predicted molar refractivity (Wildman–Crippen MR) is 121 cm³/mol. The molecule has 1 N–H and O–H groups in total. The van der Waals surface area contributed by atoms with Gasteiger partial charge in [-0.15, -0.1) is 11.3 Å².